The highest BCUT2D eigenvalue weighted by Gasteiger charge is 2.28. The zero-order chi connectivity index (χ0) is 9.31. The third-order valence-corrected chi connectivity index (χ3v) is 4.15. The molecule has 2 rings (SSSR count). The van der Waals surface area contributed by atoms with Crippen LogP contribution in [-0.4, -0.2) is 14.2 Å². The van der Waals surface area contributed by atoms with Crippen LogP contribution in [0.3, 0.4) is 0 Å². The Hall–Kier alpha value is -0.830. The first kappa shape index (κ1) is 8.75. The second kappa shape index (κ2) is 3.14. The van der Waals surface area contributed by atoms with Crippen LogP contribution in [0, 0.1) is 5.92 Å². The van der Waals surface area contributed by atoms with Gasteiger partial charge in [-0.25, -0.2) is 8.42 Å². The highest BCUT2D eigenvalue weighted by molar-refractivity contribution is 7.91. The van der Waals surface area contributed by atoms with Crippen LogP contribution >= 0.6 is 0 Å². The molecule has 70 valence electrons. The van der Waals surface area contributed by atoms with Gasteiger partial charge < -0.3 is 0 Å². The summed E-state index contributed by atoms with van der Waals surface area (Å²) >= 11 is 0. The van der Waals surface area contributed by atoms with E-state index in [9.17, 15) is 8.42 Å². The SMILES string of the molecule is O=S(=O)(CC1CC1)c1ccccc1. The molecule has 1 aliphatic carbocycles. The second-order valence-electron chi connectivity index (χ2n) is 3.54. The minimum absolute atomic E-state index is 0.330. The number of hydrogen-bond acceptors (Lipinski definition) is 2. The topological polar surface area (TPSA) is 34.1 Å². The summed E-state index contributed by atoms with van der Waals surface area (Å²) in [5.41, 5.74) is 0. The van der Waals surface area contributed by atoms with E-state index in [0.717, 1.165) is 12.8 Å². The highest BCUT2D eigenvalue weighted by atomic mass is 32.2. The lowest BCUT2D eigenvalue weighted by Crippen LogP contribution is -2.07. The Morgan fingerprint density at radius 1 is 1.15 bits per heavy atom. The summed E-state index contributed by atoms with van der Waals surface area (Å²) in [4.78, 5) is 0.460. The predicted molar refractivity (Wildman–Crippen MR) is 51.2 cm³/mol. The largest absolute Gasteiger partial charge is 0.224 e. The molecule has 0 saturated heterocycles. The Morgan fingerprint density at radius 2 is 1.77 bits per heavy atom. The molecule has 0 N–H and O–H groups in total. The third-order valence-electron chi connectivity index (χ3n) is 2.25. The summed E-state index contributed by atoms with van der Waals surface area (Å²) in [6, 6.07) is 8.69. The monoisotopic (exact) mass is 196 g/mol. The van der Waals surface area contributed by atoms with Gasteiger partial charge in [-0.15, -0.1) is 0 Å². The smallest absolute Gasteiger partial charge is 0.178 e. The second-order valence-corrected chi connectivity index (χ2v) is 5.57. The number of sulfone groups is 1. The van der Waals surface area contributed by atoms with Crippen molar-refractivity contribution in [1.29, 1.82) is 0 Å². The molecule has 0 aromatic heterocycles. The summed E-state index contributed by atoms with van der Waals surface area (Å²) in [7, 11) is -3.00. The van der Waals surface area contributed by atoms with Gasteiger partial charge in [0.1, 0.15) is 0 Å². The van der Waals surface area contributed by atoms with E-state index in [1.54, 1.807) is 24.3 Å². The zero-order valence-corrected chi connectivity index (χ0v) is 8.13. The number of benzene rings is 1. The van der Waals surface area contributed by atoms with Crippen molar-refractivity contribution < 1.29 is 8.42 Å². The van der Waals surface area contributed by atoms with E-state index in [-0.39, 0.29) is 0 Å². The molecular weight excluding hydrogens is 184 g/mol. The Balaban J connectivity index is 2.23. The maximum absolute atomic E-state index is 11.7. The number of hydrogen-bond donors (Lipinski definition) is 0. The summed E-state index contributed by atoms with van der Waals surface area (Å²) in [5, 5.41) is 0. The van der Waals surface area contributed by atoms with Crippen LogP contribution in [0.1, 0.15) is 12.8 Å². The first-order valence-corrected chi connectivity index (χ1v) is 6.11. The maximum atomic E-state index is 11.7. The van der Waals surface area contributed by atoms with Crippen molar-refractivity contribution in [3.05, 3.63) is 30.3 Å². The average Bonchev–Trinajstić information content (AvgIpc) is 2.89. The predicted octanol–water partition coefficient (Wildman–Crippen LogP) is 1.87. The van der Waals surface area contributed by atoms with Gasteiger partial charge in [-0.1, -0.05) is 18.2 Å². The number of rotatable bonds is 3. The summed E-state index contributed by atoms with van der Waals surface area (Å²) < 4.78 is 23.4. The van der Waals surface area contributed by atoms with Crippen molar-refractivity contribution >= 4 is 9.84 Å². The van der Waals surface area contributed by atoms with Gasteiger partial charge in [-0.3, -0.25) is 0 Å². The lowest BCUT2D eigenvalue weighted by molar-refractivity contribution is 0.592. The van der Waals surface area contributed by atoms with Gasteiger partial charge in [0, 0.05) is 0 Å². The minimum atomic E-state index is -3.00. The van der Waals surface area contributed by atoms with Crippen molar-refractivity contribution in [2.75, 3.05) is 5.75 Å². The van der Waals surface area contributed by atoms with E-state index in [1.807, 2.05) is 6.07 Å². The Kier molecular flexibility index (Phi) is 2.12. The zero-order valence-electron chi connectivity index (χ0n) is 7.31. The van der Waals surface area contributed by atoms with E-state index in [0.29, 0.717) is 16.6 Å². The fourth-order valence-electron chi connectivity index (χ4n) is 1.32. The molecule has 1 fully saturated rings. The van der Waals surface area contributed by atoms with E-state index >= 15 is 0 Å². The van der Waals surface area contributed by atoms with E-state index in [1.165, 1.54) is 0 Å². The Morgan fingerprint density at radius 3 is 2.31 bits per heavy atom. The molecule has 13 heavy (non-hydrogen) atoms. The van der Waals surface area contributed by atoms with Gasteiger partial charge in [-0.2, -0.15) is 0 Å². The van der Waals surface area contributed by atoms with Gasteiger partial charge in [-0.05, 0) is 30.9 Å². The Labute approximate surface area is 78.5 Å². The van der Waals surface area contributed by atoms with Crippen molar-refractivity contribution in [1.82, 2.24) is 0 Å². The molecule has 0 radical (unpaired) electrons. The standard InChI is InChI=1S/C10H12O2S/c11-13(12,8-9-6-7-9)10-4-2-1-3-5-10/h1-5,9H,6-8H2. The molecule has 1 aromatic carbocycles. The fraction of sp³-hybridized carbons (Fsp3) is 0.400. The molecule has 3 heteroatoms. The fourth-order valence-corrected chi connectivity index (χ4v) is 3.04. The van der Waals surface area contributed by atoms with Crippen molar-refractivity contribution in [2.24, 2.45) is 5.92 Å². The summed E-state index contributed by atoms with van der Waals surface area (Å²) in [6.45, 7) is 0. The van der Waals surface area contributed by atoms with Crippen LogP contribution in [0.2, 0.25) is 0 Å². The van der Waals surface area contributed by atoms with Crippen LogP contribution in [0.4, 0.5) is 0 Å². The lowest BCUT2D eigenvalue weighted by Gasteiger charge is -2.01. The average molecular weight is 196 g/mol. The molecule has 0 spiro atoms. The van der Waals surface area contributed by atoms with Crippen molar-refractivity contribution in [2.45, 2.75) is 17.7 Å². The van der Waals surface area contributed by atoms with Crippen LogP contribution < -0.4 is 0 Å². The van der Waals surface area contributed by atoms with Crippen LogP contribution in [0.25, 0.3) is 0 Å². The molecule has 0 bridgehead atoms. The lowest BCUT2D eigenvalue weighted by atomic mass is 10.4. The van der Waals surface area contributed by atoms with Crippen LogP contribution in [0.15, 0.2) is 35.2 Å². The van der Waals surface area contributed by atoms with Crippen LogP contribution in [-0.2, 0) is 9.84 Å². The highest BCUT2D eigenvalue weighted by Crippen LogP contribution is 2.32. The molecule has 1 aromatic rings. The minimum Gasteiger partial charge on any atom is -0.224 e. The molecule has 0 aliphatic heterocycles. The van der Waals surface area contributed by atoms with Gasteiger partial charge in [0.15, 0.2) is 9.84 Å². The Bertz CT molecular complexity index is 377. The van der Waals surface area contributed by atoms with Gasteiger partial charge in [0.05, 0.1) is 10.6 Å². The van der Waals surface area contributed by atoms with Gasteiger partial charge >= 0.3 is 0 Å². The molecule has 2 nitrogen and oxygen atoms in total. The first-order valence-electron chi connectivity index (χ1n) is 4.46. The van der Waals surface area contributed by atoms with Crippen molar-refractivity contribution in [3.63, 3.8) is 0 Å². The maximum Gasteiger partial charge on any atom is 0.178 e. The van der Waals surface area contributed by atoms with Crippen LogP contribution in [0.5, 0.6) is 0 Å². The van der Waals surface area contributed by atoms with E-state index < -0.39 is 9.84 Å². The molecule has 1 aliphatic rings. The third kappa shape index (κ3) is 2.10. The quantitative estimate of drug-likeness (QED) is 0.739. The van der Waals surface area contributed by atoms with E-state index in [2.05, 4.69) is 0 Å². The summed E-state index contributed by atoms with van der Waals surface area (Å²) in [5.74, 6) is 0.752. The summed E-state index contributed by atoms with van der Waals surface area (Å²) in [6.07, 6.45) is 2.15. The molecule has 0 amide bonds. The first-order chi connectivity index (χ1) is 6.18. The van der Waals surface area contributed by atoms with Gasteiger partial charge in [0.2, 0.25) is 0 Å². The molecule has 0 unspecified atom stereocenters. The van der Waals surface area contributed by atoms with Gasteiger partial charge in [0.25, 0.3) is 0 Å². The van der Waals surface area contributed by atoms with Crippen molar-refractivity contribution in [3.8, 4) is 0 Å². The molecule has 0 heterocycles. The normalized spacial score (nSPS) is 17.2. The van der Waals surface area contributed by atoms with E-state index in [4.69, 9.17) is 0 Å². The molecule has 0 atom stereocenters. The molecular formula is C10H12O2S. The molecule has 1 saturated carbocycles.